The maximum Gasteiger partial charge on any atom is 0.338 e. The topological polar surface area (TPSA) is 61.6 Å². The molecule has 0 spiro atoms. The van der Waals surface area contributed by atoms with Crippen molar-refractivity contribution in [2.24, 2.45) is 0 Å². The lowest BCUT2D eigenvalue weighted by atomic mass is 10.1. The van der Waals surface area contributed by atoms with Gasteiger partial charge in [0.1, 0.15) is 11.9 Å². The number of amides is 2. The number of halogens is 1. The number of carbonyl (C=O) groups excluding carboxylic acids is 1. The van der Waals surface area contributed by atoms with Crippen molar-refractivity contribution in [3.05, 3.63) is 76.0 Å². The number of nitrogens with zero attached hydrogens (tertiary/aromatic N) is 3. The van der Waals surface area contributed by atoms with E-state index in [1.54, 1.807) is 17.9 Å². The summed E-state index contributed by atoms with van der Waals surface area (Å²) in [6.45, 7) is 3.80. The highest BCUT2D eigenvalue weighted by atomic mass is 79.9. The number of benzene rings is 2. The van der Waals surface area contributed by atoms with E-state index in [1.165, 1.54) is 4.90 Å². The van der Waals surface area contributed by atoms with E-state index in [4.69, 9.17) is 16.7 Å². The number of aryl methyl sites for hydroxylation is 2. The van der Waals surface area contributed by atoms with Gasteiger partial charge in [0.25, 0.3) is 0 Å². The Morgan fingerprint density at radius 2 is 1.79 bits per heavy atom. The van der Waals surface area contributed by atoms with Crippen LogP contribution in [0.2, 0.25) is 0 Å². The Labute approximate surface area is 176 Å². The molecular formula is C20H17BrN4O2S. The summed E-state index contributed by atoms with van der Waals surface area (Å²) in [4.78, 5) is 16.5. The fourth-order valence-electron chi connectivity index (χ4n) is 3.05. The van der Waals surface area contributed by atoms with Crippen LogP contribution in [0.25, 0.3) is 0 Å². The van der Waals surface area contributed by atoms with Gasteiger partial charge in [-0.2, -0.15) is 0 Å². The minimum absolute atomic E-state index is 0.301. The molecule has 142 valence electrons. The third-order valence-electron chi connectivity index (χ3n) is 4.46. The molecular weight excluding hydrogens is 440 g/mol. The van der Waals surface area contributed by atoms with Crippen molar-refractivity contribution in [2.45, 2.75) is 20.0 Å². The number of urea groups is 1. The van der Waals surface area contributed by atoms with Gasteiger partial charge in [0.15, 0.2) is 10.9 Å². The molecule has 1 unspecified atom stereocenters. The molecule has 0 saturated carbocycles. The fourth-order valence-corrected chi connectivity index (χ4v) is 3.61. The van der Waals surface area contributed by atoms with Gasteiger partial charge in [-0.25, -0.2) is 14.6 Å². The predicted molar refractivity (Wildman–Crippen MR) is 115 cm³/mol. The smallest absolute Gasteiger partial charge is 0.338 e. The van der Waals surface area contributed by atoms with Gasteiger partial charge >= 0.3 is 6.03 Å². The maximum atomic E-state index is 13.5. The number of hydrogen-bond acceptors (Lipinski definition) is 4. The van der Waals surface area contributed by atoms with E-state index >= 15 is 0 Å². The number of aromatic nitrogens is 1. The van der Waals surface area contributed by atoms with Crippen LogP contribution in [-0.4, -0.2) is 16.3 Å². The molecule has 1 fully saturated rings. The first kappa shape index (κ1) is 18.6. The molecule has 0 radical (unpaired) electrons. The molecule has 2 amide bonds. The van der Waals surface area contributed by atoms with Crippen LogP contribution in [0.3, 0.4) is 0 Å². The third-order valence-corrected chi connectivity index (χ3v) is 5.29. The lowest BCUT2D eigenvalue weighted by Crippen LogP contribution is -2.61. The van der Waals surface area contributed by atoms with E-state index in [0.29, 0.717) is 22.4 Å². The summed E-state index contributed by atoms with van der Waals surface area (Å²) in [5.41, 5.74) is 2.70. The number of carbonyl (C=O) groups is 1. The maximum absolute atomic E-state index is 13.5. The number of nitrogens with one attached hydrogen (secondary N) is 1. The summed E-state index contributed by atoms with van der Waals surface area (Å²) in [5.74, 6) is 1.04. The molecule has 1 aromatic heterocycles. The zero-order valence-corrected chi connectivity index (χ0v) is 17.6. The molecule has 2 heterocycles. The highest BCUT2D eigenvalue weighted by molar-refractivity contribution is 9.10. The summed E-state index contributed by atoms with van der Waals surface area (Å²) in [7, 11) is 0. The van der Waals surface area contributed by atoms with Gasteiger partial charge in [0.2, 0.25) is 0 Å². The van der Waals surface area contributed by atoms with Crippen molar-refractivity contribution in [3.8, 4) is 0 Å². The minimum atomic E-state index is -0.489. The second-order valence-electron chi connectivity index (χ2n) is 6.52. The summed E-state index contributed by atoms with van der Waals surface area (Å²) in [6, 6.07) is 16.7. The van der Waals surface area contributed by atoms with Crippen molar-refractivity contribution >= 4 is 50.8 Å². The molecule has 1 aliphatic heterocycles. The van der Waals surface area contributed by atoms with Gasteiger partial charge in [0, 0.05) is 10.5 Å². The van der Waals surface area contributed by atoms with Crippen molar-refractivity contribution in [1.29, 1.82) is 0 Å². The van der Waals surface area contributed by atoms with Gasteiger partial charge in [-0.05, 0) is 55.9 Å². The number of thiocarbonyl (C=S) groups is 1. The first-order valence-electron chi connectivity index (χ1n) is 8.63. The molecule has 3 aromatic rings. The molecule has 1 aliphatic rings. The average Bonchev–Trinajstić information content (AvgIpc) is 3.09. The fraction of sp³-hybridized carbons (Fsp3) is 0.150. The quantitative estimate of drug-likeness (QED) is 0.557. The average molecular weight is 457 g/mol. The normalized spacial score (nSPS) is 17.0. The summed E-state index contributed by atoms with van der Waals surface area (Å²) < 4.78 is 6.14. The number of rotatable bonds is 3. The molecule has 0 bridgehead atoms. The van der Waals surface area contributed by atoms with Gasteiger partial charge in [-0.15, -0.1) is 0 Å². The van der Waals surface area contributed by atoms with E-state index in [9.17, 15) is 4.79 Å². The van der Waals surface area contributed by atoms with Crippen LogP contribution in [0.15, 0.2) is 63.6 Å². The van der Waals surface area contributed by atoms with E-state index in [2.05, 4.69) is 26.4 Å². The molecule has 2 aromatic carbocycles. The highest BCUT2D eigenvalue weighted by Gasteiger charge is 2.40. The first-order valence-corrected chi connectivity index (χ1v) is 9.83. The molecule has 0 aliphatic carbocycles. The molecule has 6 nitrogen and oxygen atoms in total. The Bertz CT molecular complexity index is 1030. The summed E-state index contributed by atoms with van der Waals surface area (Å²) in [5, 5.41) is 7.66. The van der Waals surface area contributed by atoms with Crippen molar-refractivity contribution in [3.63, 3.8) is 0 Å². The molecule has 1 atom stereocenters. The number of anilines is 2. The zero-order chi connectivity index (χ0) is 19.8. The van der Waals surface area contributed by atoms with Crippen LogP contribution in [0, 0.1) is 13.8 Å². The van der Waals surface area contributed by atoms with Crippen molar-refractivity contribution in [2.75, 3.05) is 9.80 Å². The zero-order valence-electron chi connectivity index (χ0n) is 15.2. The SMILES string of the molecule is Cc1ccc(C2NC(=S)N(c3ccc(Br)cc3)C(=O)N2c2cc(C)on2)cc1. The monoisotopic (exact) mass is 456 g/mol. The molecule has 1 N–H and O–H groups in total. The third kappa shape index (κ3) is 3.41. The Balaban J connectivity index is 1.78. The lowest BCUT2D eigenvalue weighted by molar-refractivity contribution is 0.248. The minimum Gasteiger partial charge on any atom is -0.360 e. The van der Waals surface area contributed by atoms with Crippen LogP contribution in [0.5, 0.6) is 0 Å². The van der Waals surface area contributed by atoms with Gasteiger partial charge in [0.05, 0.1) is 5.69 Å². The van der Waals surface area contributed by atoms with E-state index in [0.717, 1.165) is 15.6 Å². The largest absolute Gasteiger partial charge is 0.360 e. The van der Waals surface area contributed by atoms with E-state index in [-0.39, 0.29) is 6.03 Å². The van der Waals surface area contributed by atoms with E-state index in [1.807, 2.05) is 55.5 Å². The van der Waals surface area contributed by atoms with Gasteiger partial charge in [-0.1, -0.05) is 50.9 Å². The summed E-state index contributed by atoms with van der Waals surface area (Å²) in [6.07, 6.45) is -0.489. The van der Waals surface area contributed by atoms with Crippen LogP contribution in [-0.2, 0) is 0 Å². The van der Waals surface area contributed by atoms with Crippen LogP contribution >= 0.6 is 28.1 Å². The van der Waals surface area contributed by atoms with Crippen LogP contribution in [0.1, 0.15) is 23.1 Å². The van der Waals surface area contributed by atoms with E-state index < -0.39 is 6.17 Å². The highest BCUT2D eigenvalue weighted by Crippen LogP contribution is 2.32. The molecule has 8 heteroatoms. The van der Waals surface area contributed by atoms with Gasteiger partial charge in [-0.3, -0.25) is 0 Å². The molecule has 1 saturated heterocycles. The summed E-state index contributed by atoms with van der Waals surface area (Å²) >= 11 is 8.95. The van der Waals surface area contributed by atoms with Crippen LogP contribution < -0.4 is 15.1 Å². The van der Waals surface area contributed by atoms with Crippen LogP contribution in [0.4, 0.5) is 16.3 Å². The second kappa shape index (κ2) is 7.37. The van der Waals surface area contributed by atoms with Crippen molar-refractivity contribution < 1.29 is 9.32 Å². The Morgan fingerprint density at radius 1 is 1.11 bits per heavy atom. The Kier molecular flexibility index (Phi) is 4.91. The van der Waals surface area contributed by atoms with Crippen molar-refractivity contribution in [1.82, 2.24) is 10.5 Å². The molecule has 4 rings (SSSR count). The Hall–Kier alpha value is -2.71. The molecule has 28 heavy (non-hydrogen) atoms. The lowest BCUT2D eigenvalue weighted by Gasteiger charge is -2.41. The Morgan fingerprint density at radius 3 is 2.39 bits per heavy atom. The second-order valence-corrected chi connectivity index (χ2v) is 7.83. The predicted octanol–water partition coefficient (Wildman–Crippen LogP) is 5.07. The standard InChI is InChI=1S/C20H17BrN4O2S/c1-12-3-5-14(6-4-12)18-22-19(28)24(16-9-7-15(21)8-10-16)20(26)25(18)17-11-13(2)27-23-17/h3-11,18H,1-2H3,(H,22,28). The number of hydrogen-bond donors (Lipinski definition) is 1. The first-order chi connectivity index (χ1) is 13.4. The van der Waals surface area contributed by atoms with Gasteiger partial charge < -0.3 is 9.84 Å².